The van der Waals surface area contributed by atoms with Gasteiger partial charge in [0.1, 0.15) is 13.2 Å². The number of rotatable bonds is 4. The average molecular weight is 354 g/mol. The van der Waals surface area contributed by atoms with Gasteiger partial charge < -0.3 is 9.47 Å². The molecule has 0 spiro atoms. The zero-order chi connectivity index (χ0) is 18.1. The summed E-state index contributed by atoms with van der Waals surface area (Å²) in [7, 11) is 0. The summed E-state index contributed by atoms with van der Waals surface area (Å²) in [5.41, 5.74) is 4.22. The summed E-state index contributed by atoms with van der Waals surface area (Å²) < 4.78 is 11.2. The van der Waals surface area contributed by atoms with Crippen molar-refractivity contribution >= 4 is 0 Å². The molecule has 1 fully saturated rings. The molecular weight excluding hydrogens is 328 g/mol. The topological polar surface area (TPSA) is 60.4 Å². The first-order valence-electron chi connectivity index (χ1n) is 9.40. The van der Waals surface area contributed by atoms with Crippen molar-refractivity contribution in [2.45, 2.75) is 39.7 Å². The van der Waals surface area contributed by atoms with Crippen LogP contribution in [0.3, 0.4) is 0 Å². The minimum atomic E-state index is 0.265. The molecule has 6 nitrogen and oxygen atoms in total. The maximum Gasteiger partial charge on any atom is 0.257 e. The van der Waals surface area contributed by atoms with Crippen LogP contribution >= 0.6 is 0 Å². The van der Waals surface area contributed by atoms with Crippen molar-refractivity contribution in [3.8, 4) is 11.6 Å². The van der Waals surface area contributed by atoms with Crippen LogP contribution in [-0.4, -0.2) is 46.2 Å². The number of fused-ring (bicyclic) bond motifs is 1. The van der Waals surface area contributed by atoms with E-state index in [1.54, 1.807) is 0 Å². The standard InChI is InChI=1S/C20H26N4O2/c1-13-11-21-18(14(2)22-13)10-16-6-7-24(12-16)15(3)17-4-5-19-20(23-17)26-9-8-25-19/h4-5,11,15-16H,6-10,12H2,1-3H3/t15?,16-/m1/s1. The molecule has 0 saturated carbocycles. The molecule has 138 valence electrons. The van der Waals surface area contributed by atoms with Gasteiger partial charge in [0.25, 0.3) is 5.88 Å². The van der Waals surface area contributed by atoms with Crippen molar-refractivity contribution in [1.82, 2.24) is 19.9 Å². The van der Waals surface area contributed by atoms with Crippen LogP contribution in [0.4, 0.5) is 0 Å². The first kappa shape index (κ1) is 17.2. The first-order chi connectivity index (χ1) is 12.6. The van der Waals surface area contributed by atoms with E-state index in [4.69, 9.17) is 9.47 Å². The Labute approximate surface area is 154 Å². The maximum atomic E-state index is 5.63. The van der Waals surface area contributed by atoms with Gasteiger partial charge >= 0.3 is 0 Å². The number of hydrogen-bond donors (Lipinski definition) is 0. The van der Waals surface area contributed by atoms with E-state index in [1.807, 2.05) is 19.2 Å². The predicted octanol–water partition coefficient (Wildman–Crippen LogP) is 2.89. The third-order valence-corrected chi connectivity index (χ3v) is 5.37. The van der Waals surface area contributed by atoms with E-state index in [9.17, 15) is 0 Å². The lowest BCUT2D eigenvalue weighted by molar-refractivity contribution is 0.162. The van der Waals surface area contributed by atoms with Gasteiger partial charge in [-0.25, -0.2) is 4.98 Å². The zero-order valence-corrected chi connectivity index (χ0v) is 15.7. The number of aryl methyl sites for hydroxylation is 2. The molecule has 0 N–H and O–H groups in total. The molecule has 0 amide bonds. The van der Waals surface area contributed by atoms with Gasteiger partial charge in [-0.1, -0.05) is 0 Å². The molecule has 0 bridgehead atoms. The Hall–Kier alpha value is -2.21. The highest BCUT2D eigenvalue weighted by Gasteiger charge is 2.29. The molecule has 2 aliphatic heterocycles. The Bertz CT molecular complexity index is 795. The van der Waals surface area contributed by atoms with Gasteiger partial charge in [-0.3, -0.25) is 14.9 Å². The predicted molar refractivity (Wildman–Crippen MR) is 98.5 cm³/mol. The van der Waals surface area contributed by atoms with E-state index in [0.717, 1.165) is 48.0 Å². The molecule has 4 rings (SSSR count). The molecule has 2 aromatic rings. The fraction of sp³-hybridized carbons (Fsp3) is 0.550. The van der Waals surface area contributed by atoms with E-state index in [1.165, 1.54) is 6.42 Å². The van der Waals surface area contributed by atoms with Crippen molar-refractivity contribution in [3.63, 3.8) is 0 Å². The van der Waals surface area contributed by atoms with Crippen LogP contribution in [0.25, 0.3) is 0 Å². The second-order valence-corrected chi connectivity index (χ2v) is 7.31. The second kappa shape index (κ2) is 7.19. The van der Waals surface area contributed by atoms with E-state index < -0.39 is 0 Å². The molecule has 0 aromatic carbocycles. The highest BCUT2D eigenvalue weighted by atomic mass is 16.6. The lowest BCUT2D eigenvalue weighted by Crippen LogP contribution is -2.26. The zero-order valence-electron chi connectivity index (χ0n) is 15.7. The van der Waals surface area contributed by atoms with Gasteiger partial charge in [-0.15, -0.1) is 0 Å². The van der Waals surface area contributed by atoms with Crippen LogP contribution in [0.5, 0.6) is 11.6 Å². The molecule has 4 heterocycles. The molecule has 1 unspecified atom stereocenters. The normalized spacial score (nSPS) is 21.0. The van der Waals surface area contributed by atoms with Crippen LogP contribution in [0.1, 0.15) is 42.2 Å². The number of ether oxygens (including phenoxy) is 2. The van der Waals surface area contributed by atoms with E-state index >= 15 is 0 Å². The number of likely N-dealkylation sites (tertiary alicyclic amines) is 1. The Morgan fingerprint density at radius 2 is 2.04 bits per heavy atom. The molecule has 2 aliphatic rings. The molecule has 1 saturated heterocycles. The Balaban J connectivity index is 1.41. The minimum Gasteiger partial charge on any atom is -0.484 e. The summed E-state index contributed by atoms with van der Waals surface area (Å²) >= 11 is 0. The summed E-state index contributed by atoms with van der Waals surface area (Å²) in [5.74, 6) is 1.99. The van der Waals surface area contributed by atoms with Gasteiger partial charge in [-0.05, 0) is 58.2 Å². The van der Waals surface area contributed by atoms with Crippen LogP contribution in [0.15, 0.2) is 18.3 Å². The summed E-state index contributed by atoms with van der Waals surface area (Å²) in [6.45, 7) is 9.58. The van der Waals surface area contributed by atoms with Crippen LogP contribution < -0.4 is 9.47 Å². The van der Waals surface area contributed by atoms with Gasteiger partial charge in [0.15, 0.2) is 5.75 Å². The van der Waals surface area contributed by atoms with Crippen molar-refractivity contribution in [3.05, 3.63) is 41.1 Å². The molecule has 0 aliphatic carbocycles. The third-order valence-electron chi connectivity index (χ3n) is 5.37. The Morgan fingerprint density at radius 3 is 2.88 bits per heavy atom. The van der Waals surface area contributed by atoms with Crippen LogP contribution in [0.2, 0.25) is 0 Å². The molecule has 0 radical (unpaired) electrons. The van der Waals surface area contributed by atoms with Crippen LogP contribution in [-0.2, 0) is 6.42 Å². The highest BCUT2D eigenvalue weighted by Crippen LogP contribution is 2.33. The maximum absolute atomic E-state index is 5.63. The van der Waals surface area contributed by atoms with Crippen molar-refractivity contribution in [2.75, 3.05) is 26.3 Å². The SMILES string of the molecule is Cc1cnc(C[C@H]2CCN(C(C)c3ccc4c(n3)OCCO4)C2)c(C)n1. The summed E-state index contributed by atoms with van der Waals surface area (Å²) in [6, 6.07) is 4.30. The lowest BCUT2D eigenvalue weighted by atomic mass is 10.0. The molecule has 6 heteroatoms. The molecular formula is C20H26N4O2. The number of nitrogens with zero attached hydrogens (tertiary/aromatic N) is 4. The van der Waals surface area contributed by atoms with E-state index in [-0.39, 0.29) is 6.04 Å². The smallest absolute Gasteiger partial charge is 0.257 e. The Morgan fingerprint density at radius 1 is 1.19 bits per heavy atom. The van der Waals surface area contributed by atoms with Gasteiger partial charge in [0.05, 0.1) is 22.8 Å². The van der Waals surface area contributed by atoms with Gasteiger partial charge in [0, 0.05) is 18.8 Å². The first-order valence-corrected chi connectivity index (χ1v) is 9.40. The molecule has 2 atom stereocenters. The van der Waals surface area contributed by atoms with E-state index in [2.05, 4.69) is 39.8 Å². The highest BCUT2D eigenvalue weighted by molar-refractivity contribution is 5.36. The lowest BCUT2D eigenvalue weighted by Gasteiger charge is -2.25. The third kappa shape index (κ3) is 3.51. The van der Waals surface area contributed by atoms with Crippen molar-refractivity contribution in [1.29, 1.82) is 0 Å². The number of pyridine rings is 1. The average Bonchev–Trinajstić information content (AvgIpc) is 3.11. The summed E-state index contributed by atoms with van der Waals surface area (Å²) in [5, 5.41) is 0. The van der Waals surface area contributed by atoms with E-state index in [0.29, 0.717) is 25.0 Å². The fourth-order valence-electron chi connectivity index (χ4n) is 3.84. The fourth-order valence-corrected chi connectivity index (χ4v) is 3.84. The Kier molecular flexibility index (Phi) is 4.76. The molecule has 2 aromatic heterocycles. The monoisotopic (exact) mass is 354 g/mol. The number of aromatic nitrogens is 3. The summed E-state index contributed by atoms with van der Waals surface area (Å²) in [4.78, 5) is 16.3. The van der Waals surface area contributed by atoms with Crippen molar-refractivity contribution < 1.29 is 9.47 Å². The largest absolute Gasteiger partial charge is 0.484 e. The van der Waals surface area contributed by atoms with Gasteiger partial charge in [-0.2, -0.15) is 0 Å². The van der Waals surface area contributed by atoms with Crippen LogP contribution in [0, 0.1) is 19.8 Å². The molecule has 26 heavy (non-hydrogen) atoms. The minimum absolute atomic E-state index is 0.265. The van der Waals surface area contributed by atoms with Gasteiger partial charge in [0.2, 0.25) is 0 Å². The number of hydrogen-bond acceptors (Lipinski definition) is 6. The quantitative estimate of drug-likeness (QED) is 0.841. The second-order valence-electron chi connectivity index (χ2n) is 7.31. The van der Waals surface area contributed by atoms with Crippen molar-refractivity contribution in [2.24, 2.45) is 5.92 Å². The summed E-state index contributed by atoms with van der Waals surface area (Å²) in [6.07, 6.45) is 4.05.